The molecule has 1 nitrogen and oxygen atoms in total. The summed E-state index contributed by atoms with van der Waals surface area (Å²) >= 11 is 0. The van der Waals surface area contributed by atoms with E-state index in [1.807, 2.05) is 0 Å². The van der Waals surface area contributed by atoms with Crippen molar-refractivity contribution in [2.75, 3.05) is 6.54 Å². The second-order valence-electron chi connectivity index (χ2n) is 4.67. The molecule has 0 spiro atoms. The summed E-state index contributed by atoms with van der Waals surface area (Å²) in [6.45, 7) is 10.1. The second-order valence-corrected chi connectivity index (χ2v) is 4.67. The van der Waals surface area contributed by atoms with E-state index in [1.165, 1.54) is 24.0 Å². The van der Waals surface area contributed by atoms with Gasteiger partial charge in [-0.1, -0.05) is 51.0 Å². The van der Waals surface area contributed by atoms with E-state index in [1.54, 1.807) is 0 Å². The highest BCUT2D eigenvalue weighted by Gasteiger charge is 2.09. The molecule has 0 saturated carbocycles. The lowest BCUT2D eigenvalue weighted by Gasteiger charge is -2.20. The first kappa shape index (κ1) is 13.2. The Labute approximate surface area is 100 Å². The summed E-state index contributed by atoms with van der Waals surface area (Å²) in [5.74, 6) is 0.812. The maximum atomic E-state index is 3.64. The quantitative estimate of drug-likeness (QED) is 0.760. The standard InChI is InChI=1S/C15H25N/c1-5-14(6-2)11-16-13(4)15-10-8-7-9-12(15)3/h7-10,13-14,16H,5-6,11H2,1-4H3/t13-/m1/s1. The van der Waals surface area contributed by atoms with Crippen molar-refractivity contribution in [3.63, 3.8) is 0 Å². The van der Waals surface area contributed by atoms with Crippen molar-refractivity contribution in [2.24, 2.45) is 5.92 Å². The van der Waals surface area contributed by atoms with Crippen molar-refractivity contribution < 1.29 is 0 Å². The number of benzene rings is 1. The summed E-state index contributed by atoms with van der Waals surface area (Å²) in [6.07, 6.45) is 2.54. The van der Waals surface area contributed by atoms with Gasteiger partial charge in [-0.2, -0.15) is 0 Å². The van der Waals surface area contributed by atoms with Crippen molar-refractivity contribution in [1.82, 2.24) is 5.32 Å². The zero-order valence-electron chi connectivity index (χ0n) is 11.1. The normalized spacial score (nSPS) is 13.1. The molecular formula is C15H25N. The van der Waals surface area contributed by atoms with Gasteiger partial charge in [0.15, 0.2) is 0 Å². The van der Waals surface area contributed by atoms with Gasteiger partial charge in [-0.15, -0.1) is 0 Å². The Balaban J connectivity index is 2.52. The van der Waals surface area contributed by atoms with Crippen molar-refractivity contribution in [3.05, 3.63) is 35.4 Å². The SMILES string of the molecule is CCC(CC)CN[C@H](C)c1ccccc1C. The van der Waals surface area contributed by atoms with Crippen LogP contribution in [0, 0.1) is 12.8 Å². The Hall–Kier alpha value is -0.820. The predicted octanol–water partition coefficient (Wildman–Crippen LogP) is 4.08. The Bertz CT molecular complexity index is 302. The van der Waals surface area contributed by atoms with Gasteiger partial charge in [-0.3, -0.25) is 0 Å². The molecule has 0 bridgehead atoms. The Morgan fingerprint density at radius 2 is 1.75 bits per heavy atom. The zero-order chi connectivity index (χ0) is 12.0. The molecule has 1 aromatic carbocycles. The van der Waals surface area contributed by atoms with E-state index in [9.17, 15) is 0 Å². The summed E-state index contributed by atoms with van der Waals surface area (Å²) < 4.78 is 0. The van der Waals surface area contributed by atoms with E-state index >= 15 is 0 Å². The highest BCUT2D eigenvalue weighted by atomic mass is 14.9. The molecule has 1 atom stereocenters. The molecule has 16 heavy (non-hydrogen) atoms. The van der Waals surface area contributed by atoms with Crippen LogP contribution in [0.2, 0.25) is 0 Å². The molecule has 0 aliphatic rings. The van der Waals surface area contributed by atoms with Crippen LogP contribution in [0.4, 0.5) is 0 Å². The van der Waals surface area contributed by atoms with Gasteiger partial charge in [0.25, 0.3) is 0 Å². The first-order valence-electron chi connectivity index (χ1n) is 6.47. The van der Waals surface area contributed by atoms with Gasteiger partial charge in [0.05, 0.1) is 0 Å². The molecule has 1 heteroatoms. The fourth-order valence-corrected chi connectivity index (χ4v) is 2.10. The minimum atomic E-state index is 0.460. The molecule has 0 heterocycles. The summed E-state index contributed by atoms with van der Waals surface area (Å²) in [5.41, 5.74) is 2.81. The van der Waals surface area contributed by atoms with Crippen molar-refractivity contribution in [1.29, 1.82) is 0 Å². The van der Waals surface area contributed by atoms with Gasteiger partial charge in [0.2, 0.25) is 0 Å². The van der Waals surface area contributed by atoms with E-state index in [0.29, 0.717) is 6.04 Å². The van der Waals surface area contributed by atoms with E-state index in [4.69, 9.17) is 0 Å². The van der Waals surface area contributed by atoms with Gasteiger partial charge in [0.1, 0.15) is 0 Å². The molecule has 0 radical (unpaired) electrons. The summed E-state index contributed by atoms with van der Waals surface area (Å²) in [7, 11) is 0. The summed E-state index contributed by atoms with van der Waals surface area (Å²) in [4.78, 5) is 0. The number of nitrogens with one attached hydrogen (secondary N) is 1. The van der Waals surface area contributed by atoms with Crippen molar-refractivity contribution in [3.8, 4) is 0 Å². The zero-order valence-corrected chi connectivity index (χ0v) is 11.1. The van der Waals surface area contributed by atoms with Crippen molar-refractivity contribution >= 4 is 0 Å². The van der Waals surface area contributed by atoms with Gasteiger partial charge >= 0.3 is 0 Å². The van der Waals surface area contributed by atoms with Crippen LogP contribution in [-0.4, -0.2) is 6.54 Å². The predicted molar refractivity (Wildman–Crippen MR) is 71.7 cm³/mol. The van der Waals surface area contributed by atoms with E-state index in [-0.39, 0.29) is 0 Å². The summed E-state index contributed by atoms with van der Waals surface area (Å²) in [5, 5.41) is 3.64. The third kappa shape index (κ3) is 3.64. The molecule has 90 valence electrons. The smallest absolute Gasteiger partial charge is 0.0294 e. The third-order valence-corrected chi connectivity index (χ3v) is 3.52. The summed E-state index contributed by atoms with van der Waals surface area (Å²) in [6, 6.07) is 9.09. The second kappa shape index (κ2) is 6.70. The first-order valence-corrected chi connectivity index (χ1v) is 6.47. The van der Waals surface area contributed by atoms with E-state index in [0.717, 1.165) is 12.5 Å². The highest BCUT2D eigenvalue weighted by molar-refractivity contribution is 5.28. The molecule has 0 aromatic heterocycles. The Morgan fingerprint density at radius 1 is 1.12 bits per heavy atom. The van der Waals surface area contributed by atoms with E-state index < -0.39 is 0 Å². The lowest BCUT2D eigenvalue weighted by Crippen LogP contribution is -2.25. The van der Waals surface area contributed by atoms with Crippen LogP contribution in [-0.2, 0) is 0 Å². The molecular weight excluding hydrogens is 194 g/mol. The van der Waals surface area contributed by atoms with Crippen LogP contribution >= 0.6 is 0 Å². The van der Waals surface area contributed by atoms with Crippen LogP contribution in [0.15, 0.2) is 24.3 Å². The lowest BCUT2D eigenvalue weighted by molar-refractivity contribution is 0.422. The lowest BCUT2D eigenvalue weighted by atomic mass is 10.00. The number of hydrogen-bond donors (Lipinski definition) is 1. The minimum absolute atomic E-state index is 0.460. The molecule has 0 aliphatic heterocycles. The van der Waals surface area contributed by atoms with Gasteiger partial charge in [0, 0.05) is 6.04 Å². The maximum Gasteiger partial charge on any atom is 0.0294 e. The number of hydrogen-bond acceptors (Lipinski definition) is 1. The molecule has 0 saturated heterocycles. The van der Waals surface area contributed by atoms with Gasteiger partial charge in [-0.25, -0.2) is 0 Å². The molecule has 1 rings (SSSR count). The minimum Gasteiger partial charge on any atom is -0.310 e. The average Bonchev–Trinajstić information content (AvgIpc) is 2.30. The van der Waals surface area contributed by atoms with Crippen LogP contribution in [0.25, 0.3) is 0 Å². The third-order valence-electron chi connectivity index (χ3n) is 3.52. The Morgan fingerprint density at radius 3 is 2.31 bits per heavy atom. The topological polar surface area (TPSA) is 12.0 Å². The number of rotatable bonds is 6. The average molecular weight is 219 g/mol. The Kier molecular flexibility index (Phi) is 5.54. The molecule has 0 aliphatic carbocycles. The highest BCUT2D eigenvalue weighted by Crippen LogP contribution is 2.17. The van der Waals surface area contributed by atoms with Gasteiger partial charge < -0.3 is 5.32 Å². The van der Waals surface area contributed by atoms with E-state index in [2.05, 4.69) is 57.3 Å². The maximum absolute atomic E-state index is 3.64. The van der Waals surface area contributed by atoms with Crippen LogP contribution in [0.3, 0.4) is 0 Å². The molecule has 1 N–H and O–H groups in total. The molecule has 0 fully saturated rings. The molecule has 0 amide bonds. The van der Waals surface area contributed by atoms with Gasteiger partial charge in [-0.05, 0) is 37.4 Å². The fourth-order valence-electron chi connectivity index (χ4n) is 2.10. The van der Waals surface area contributed by atoms with Crippen LogP contribution in [0.1, 0.15) is 50.8 Å². The fraction of sp³-hybridized carbons (Fsp3) is 0.600. The molecule has 1 aromatic rings. The van der Waals surface area contributed by atoms with Crippen LogP contribution in [0.5, 0.6) is 0 Å². The molecule has 0 unspecified atom stereocenters. The first-order chi connectivity index (χ1) is 7.69. The van der Waals surface area contributed by atoms with Crippen LogP contribution < -0.4 is 5.32 Å². The number of aryl methyl sites for hydroxylation is 1. The van der Waals surface area contributed by atoms with Crippen molar-refractivity contribution in [2.45, 2.75) is 46.6 Å². The monoisotopic (exact) mass is 219 g/mol. The largest absolute Gasteiger partial charge is 0.310 e.